The Balaban J connectivity index is 2.50. The molecule has 1 heterocycles. The van der Waals surface area contributed by atoms with E-state index in [4.69, 9.17) is 10.5 Å². The number of nitrogens with two attached hydrogens (primary N) is 1. The molecule has 0 aliphatic carbocycles. The highest BCUT2D eigenvalue weighted by Crippen LogP contribution is 2.24. The van der Waals surface area contributed by atoms with Crippen LogP contribution in [0.1, 0.15) is 13.3 Å². The van der Waals surface area contributed by atoms with Crippen molar-refractivity contribution in [3.05, 3.63) is 12.2 Å². The van der Waals surface area contributed by atoms with Gasteiger partial charge in [0.05, 0.1) is 6.10 Å². The van der Waals surface area contributed by atoms with E-state index >= 15 is 0 Å². The van der Waals surface area contributed by atoms with Crippen LogP contribution in [0, 0.1) is 5.92 Å². The third kappa shape index (κ3) is 1.39. The Kier molecular flexibility index (Phi) is 2.46. The topological polar surface area (TPSA) is 35.2 Å². The van der Waals surface area contributed by atoms with Crippen molar-refractivity contribution in [3.63, 3.8) is 0 Å². The standard InChI is InChI=1S/C8H15NO/c1-6(2)8-7(5-9)3-4-10-8/h7-8H,1,3-5,9H2,2H3/t7-,8+/m0/s1. The summed E-state index contributed by atoms with van der Waals surface area (Å²) in [5.74, 6) is 0.512. The van der Waals surface area contributed by atoms with E-state index < -0.39 is 0 Å². The van der Waals surface area contributed by atoms with Gasteiger partial charge >= 0.3 is 0 Å². The summed E-state index contributed by atoms with van der Waals surface area (Å²) < 4.78 is 5.44. The average molecular weight is 141 g/mol. The van der Waals surface area contributed by atoms with Crippen LogP contribution in [0.5, 0.6) is 0 Å². The third-order valence-corrected chi connectivity index (χ3v) is 2.00. The van der Waals surface area contributed by atoms with E-state index in [2.05, 4.69) is 6.58 Å². The van der Waals surface area contributed by atoms with Gasteiger partial charge in [0, 0.05) is 12.5 Å². The Morgan fingerprint density at radius 3 is 2.90 bits per heavy atom. The lowest BCUT2D eigenvalue weighted by atomic mass is 9.97. The summed E-state index contributed by atoms with van der Waals surface area (Å²) in [7, 11) is 0. The monoisotopic (exact) mass is 141 g/mol. The summed E-state index contributed by atoms with van der Waals surface area (Å²) >= 11 is 0. The molecule has 0 amide bonds. The lowest BCUT2D eigenvalue weighted by Crippen LogP contribution is -2.24. The molecule has 1 rings (SSSR count). The Morgan fingerprint density at radius 1 is 1.80 bits per heavy atom. The minimum Gasteiger partial charge on any atom is -0.374 e. The molecule has 2 nitrogen and oxygen atoms in total. The first-order valence-corrected chi connectivity index (χ1v) is 3.72. The van der Waals surface area contributed by atoms with Crippen molar-refractivity contribution in [3.8, 4) is 0 Å². The minimum absolute atomic E-state index is 0.227. The maximum atomic E-state index is 5.54. The molecule has 10 heavy (non-hydrogen) atoms. The number of hydrogen-bond donors (Lipinski definition) is 1. The van der Waals surface area contributed by atoms with Crippen LogP contribution >= 0.6 is 0 Å². The minimum atomic E-state index is 0.227. The fraction of sp³-hybridized carbons (Fsp3) is 0.750. The molecule has 0 aromatic heterocycles. The second-order valence-corrected chi connectivity index (χ2v) is 2.92. The van der Waals surface area contributed by atoms with Gasteiger partial charge in [-0.1, -0.05) is 12.2 Å². The summed E-state index contributed by atoms with van der Waals surface area (Å²) in [4.78, 5) is 0. The van der Waals surface area contributed by atoms with Gasteiger partial charge < -0.3 is 10.5 Å². The molecule has 1 fully saturated rings. The number of ether oxygens (including phenoxy) is 1. The lowest BCUT2D eigenvalue weighted by molar-refractivity contribution is 0.120. The van der Waals surface area contributed by atoms with Crippen molar-refractivity contribution in [1.29, 1.82) is 0 Å². The van der Waals surface area contributed by atoms with Crippen LogP contribution in [0.4, 0.5) is 0 Å². The molecule has 0 radical (unpaired) electrons. The zero-order valence-corrected chi connectivity index (χ0v) is 6.47. The summed E-state index contributed by atoms with van der Waals surface area (Å²) in [5, 5.41) is 0. The molecule has 1 aliphatic rings. The predicted octanol–water partition coefficient (Wildman–Crippen LogP) is 0.926. The molecule has 58 valence electrons. The second kappa shape index (κ2) is 3.17. The zero-order valence-electron chi connectivity index (χ0n) is 6.47. The first kappa shape index (κ1) is 7.76. The predicted molar refractivity (Wildman–Crippen MR) is 41.7 cm³/mol. The van der Waals surface area contributed by atoms with Crippen LogP contribution in [0.3, 0.4) is 0 Å². The van der Waals surface area contributed by atoms with E-state index in [0.29, 0.717) is 5.92 Å². The Bertz CT molecular complexity index is 133. The molecular formula is C8H15NO. The van der Waals surface area contributed by atoms with Crippen molar-refractivity contribution in [2.75, 3.05) is 13.2 Å². The average Bonchev–Trinajstić information content (AvgIpc) is 2.33. The SMILES string of the molecule is C=C(C)[C@H]1OCC[C@H]1CN. The highest BCUT2D eigenvalue weighted by Gasteiger charge is 2.26. The smallest absolute Gasteiger partial charge is 0.0820 e. The summed E-state index contributed by atoms with van der Waals surface area (Å²) in [6.07, 6.45) is 1.32. The van der Waals surface area contributed by atoms with Crippen LogP contribution < -0.4 is 5.73 Å². The van der Waals surface area contributed by atoms with Crippen LogP contribution in [-0.4, -0.2) is 19.3 Å². The highest BCUT2D eigenvalue weighted by molar-refractivity contribution is 5.03. The first-order valence-electron chi connectivity index (χ1n) is 3.72. The molecule has 0 spiro atoms. The highest BCUT2D eigenvalue weighted by atomic mass is 16.5. The van der Waals surface area contributed by atoms with Crippen molar-refractivity contribution >= 4 is 0 Å². The lowest BCUT2D eigenvalue weighted by Gasteiger charge is -2.15. The second-order valence-electron chi connectivity index (χ2n) is 2.92. The molecule has 2 atom stereocenters. The van der Waals surface area contributed by atoms with E-state index in [9.17, 15) is 0 Å². The molecule has 0 saturated carbocycles. The fourth-order valence-corrected chi connectivity index (χ4v) is 1.42. The maximum absolute atomic E-state index is 5.54. The number of rotatable bonds is 2. The maximum Gasteiger partial charge on any atom is 0.0820 e. The summed E-state index contributed by atoms with van der Waals surface area (Å²) in [5.41, 5.74) is 6.65. The van der Waals surface area contributed by atoms with Gasteiger partial charge in [0.1, 0.15) is 0 Å². The summed E-state index contributed by atoms with van der Waals surface area (Å²) in [6.45, 7) is 7.42. The Hall–Kier alpha value is -0.340. The van der Waals surface area contributed by atoms with Crippen molar-refractivity contribution in [2.24, 2.45) is 11.7 Å². The van der Waals surface area contributed by atoms with Crippen LogP contribution in [0.2, 0.25) is 0 Å². The van der Waals surface area contributed by atoms with Crippen LogP contribution in [0.15, 0.2) is 12.2 Å². The quantitative estimate of drug-likeness (QED) is 0.580. The normalized spacial score (nSPS) is 32.6. The molecule has 1 aliphatic heterocycles. The van der Waals surface area contributed by atoms with E-state index in [-0.39, 0.29) is 6.10 Å². The molecule has 0 unspecified atom stereocenters. The van der Waals surface area contributed by atoms with Crippen molar-refractivity contribution < 1.29 is 4.74 Å². The summed E-state index contributed by atoms with van der Waals surface area (Å²) in [6, 6.07) is 0. The van der Waals surface area contributed by atoms with Gasteiger partial charge in [-0.2, -0.15) is 0 Å². The molecule has 2 N–H and O–H groups in total. The largest absolute Gasteiger partial charge is 0.374 e. The van der Waals surface area contributed by atoms with Crippen LogP contribution in [0.25, 0.3) is 0 Å². The van der Waals surface area contributed by atoms with E-state index in [1.165, 1.54) is 0 Å². The van der Waals surface area contributed by atoms with Crippen LogP contribution in [-0.2, 0) is 4.74 Å². The van der Waals surface area contributed by atoms with Gasteiger partial charge in [-0.15, -0.1) is 0 Å². The molecule has 2 heteroatoms. The van der Waals surface area contributed by atoms with E-state index in [1.807, 2.05) is 6.92 Å². The van der Waals surface area contributed by atoms with Gasteiger partial charge in [0.2, 0.25) is 0 Å². The van der Waals surface area contributed by atoms with Gasteiger partial charge in [-0.3, -0.25) is 0 Å². The molecule has 0 aromatic rings. The third-order valence-electron chi connectivity index (χ3n) is 2.00. The van der Waals surface area contributed by atoms with Crippen molar-refractivity contribution in [2.45, 2.75) is 19.4 Å². The Labute approximate surface area is 62.1 Å². The molecule has 1 saturated heterocycles. The van der Waals surface area contributed by atoms with Gasteiger partial charge in [-0.05, 0) is 19.9 Å². The zero-order chi connectivity index (χ0) is 7.56. The molecule has 0 aromatic carbocycles. The van der Waals surface area contributed by atoms with Gasteiger partial charge in [-0.25, -0.2) is 0 Å². The fourth-order valence-electron chi connectivity index (χ4n) is 1.42. The Morgan fingerprint density at radius 2 is 2.50 bits per heavy atom. The van der Waals surface area contributed by atoms with E-state index in [1.54, 1.807) is 0 Å². The first-order chi connectivity index (χ1) is 4.75. The van der Waals surface area contributed by atoms with E-state index in [0.717, 1.165) is 25.1 Å². The van der Waals surface area contributed by atoms with Gasteiger partial charge in [0.15, 0.2) is 0 Å². The van der Waals surface area contributed by atoms with Crippen molar-refractivity contribution in [1.82, 2.24) is 0 Å². The molecule has 0 bridgehead atoms. The molecular weight excluding hydrogens is 126 g/mol. The number of hydrogen-bond acceptors (Lipinski definition) is 2. The van der Waals surface area contributed by atoms with Gasteiger partial charge in [0.25, 0.3) is 0 Å².